The summed E-state index contributed by atoms with van der Waals surface area (Å²) in [4.78, 5) is 22.9. The number of aryl methyl sites for hydroxylation is 2. The van der Waals surface area contributed by atoms with Crippen molar-refractivity contribution >= 4 is 11.7 Å². The summed E-state index contributed by atoms with van der Waals surface area (Å²) < 4.78 is 6.27. The highest BCUT2D eigenvalue weighted by molar-refractivity contribution is 5.88. The van der Waals surface area contributed by atoms with Gasteiger partial charge in [0.05, 0.1) is 11.3 Å². The number of rotatable bonds is 7. The topological polar surface area (TPSA) is 65.9 Å². The zero-order valence-corrected chi connectivity index (χ0v) is 27.4. The van der Waals surface area contributed by atoms with Crippen molar-refractivity contribution in [2.24, 2.45) is 23.2 Å². The van der Waals surface area contributed by atoms with Crippen LogP contribution in [0.3, 0.4) is 0 Å². The lowest BCUT2D eigenvalue weighted by atomic mass is 9.81. The van der Waals surface area contributed by atoms with Crippen molar-refractivity contribution in [1.29, 1.82) is 0 Å². The molecule has 2 bridgehead atoms. The molecule has 0 spiro atoms. The third-order valence-electron chi connectivity index (χ3n) is 10.5. The lowest BCUT2D eigenvalue weighted by molar-refractivity contribution is -0.160. The molecule has 6 heteroatoms. The quantitative estimate of drug-likeness (QED) is 0.340. The third kappa shape index (κ3) is 6.28. The maximum absolute atomic E-state index is 12.8. The number of piperidine rings is 1. The molecular weight excluding hydrogens is 534 g/mol. The first-order valence-electron chi connectivity index (χ1n) is 16.5. The molecule has 1 aromatic carbocycles. The number of hydrogen-bond acceptors (Lipinski definition) is 5. The molecule has 1 aromatic heterocycles. The van der Waals surface area contributed by atoms with E-state index < -0.39 is 17.7 Å². The van der Waals surface area contributed by atoms with Gasteiger partial charge in [0.1, 0.15) is 0 Å². The number of anilines is 1. The first-order valence-corrected chi connectivity index (χ1v) is 16.5. The molecule has 43 heavy (non-hydrogen) atoms. The van der Waals surface area contributed by atoms with Gasteiger partial charge in [-0.05, 0) is 107 Å². The molecule has 0 amide bonds. The summed E-state index contributed by atoms with van der Waals surface area (Å²) in [6, 6.07) is 6.94. The maximum Gasteiger partial charge on any atom is 0.337 e. The molecule has 1 saturated heterocycles. The van der Waals surface area contributed by atoms with Crippen molar-refractivity contribution in [2.45, 2.75) is 98.8 Å². The standard InChI is InChI=1S/C37H51N3O3/c1-23-31(28-10-11-29-21-39(15-12-27(29)20-28)22-30-19-25-8-9-26(30)18-25)33(40-16-13-37(6,7)14-17-40)32(24(2)38-23)34(35(41)42)43-36(3,4)5/h8-11,20,25-26,30,34H,12-19,21-22H2,1-7H3,(H,41,42)/t25-,26+,30?,34+/m1/s1. The predicted octanol–water partition coefficient (Wildman–Crippen LogP) is 7.50. The smallest absolute Gasteiger partial charge is 0.337 e. The predicted molar refractivity (Wildman–Crippen MR) is 173 cm³/mol. The minimum Gasteiger partial charge on any atom is -0.479 e. The van der Waals surface area contributed by atoms with Crippen molar-refractivity contribution < 1.29 is 14.6 Å². The highest BCUT2D eigenvalue weighted by Crippen LogP contribution is 2.46. The van der Waals surface area contributed by atoms with Gasteiger partial charge in [-0.3, -0.25) is 9.88 Å². The van der Waals surface area contributed by atoms with Crippen LogP contribution in [0.1, 0.15) is 94.5 Å². The number of carbonyl (C=O) groups is 1. The van der Waals surface area contributed by atoms with Crippen molar-refractivity contribution in [3.8, 4) is 11.1 Å². The molecule has 1 N–H and O–H groups in total. The number of aliphatic carboxylic acids is 1. The van der Waals surface area contributed by atoms with Crippen LogP contribution in [0.2, 0.25) is 0 Å². The highest BCUT2D eigenvalue weighted by atomic mass is 16.5. The number of ether oxygens (including phenoxy) is 1. The van der Waals surface area contributed by atoms with Crippen molar-refractivity contribution in [3.63, 3.8) is 0 Å². The number of allylic oxidation sites excluding steroid dienone is 2. The molecule has 2 aliphatic heterocycles. The monoisotopic (exact) mass is 585 g/mol. The molecule has 4 aliphatic rings. The number of hydrogen-bond donors (Lipinski definition) is 1. The lowest BCUT2D eigenvalue weighted by Crippen LogP contribution is -2.39. The van der Waals surface area contributed by atoms with Gasteiger partial charge in [-0.15, -0.1) is 0 Å². The minimum absolute atomic E-state index is 0.272. The fraction of sp³-hybridized carbons (Fsp3) is 0.622. The Kier molecular flexibility index (Phi) is 8.00. The van der Waals surface area contributed by atoms with Gasteiger partial charge in [0.2, 0.25) is 0 Å². The molecule has 1 saturated carbocycles. The first-order chi connectivity index (χ1) is 20.3. The molecule has 1 unspecified atom stereocenters. The average Bonchev–Trinajstić information content (AvgIpc) is 3.54. The zero-order valence-electron chi connectivity index (χ0n) is 27.4. The van der Waals surface area contributed by atoms with E-state index in [0.717, 1.165) is 91.4 Å². The Morgan fingerprint density at radius 1 is 1.07 bits per heavy atom. The molecule has 2 aliphatic carbocycles. The van der Waals surface area contributed by atoms with E-state index in [9.17, 15) is 9.90 Å². The molecule has 6 rings (SSSR count). The SMILES string of the molecule is Cc1nc(C)c([C@H](OC(C)(C)C)C(=O)O)c(N2CCC(C)(C)CC2)c1-c1ccc2c(c1)CCN(CC1C[C@@H]3C=C[C@H]1C3)C2. The molecule has 6 nitrogen and oxygen atoms in total. The second-order valence-electron chi connectivity index (χ2n) is 15.5. The minimum atomic E-state index is -1.09. The molecule has 4 atom stereocenters. The van der Waals surface area contributed by atoms with Crippen LogP contribution in [0.15, 0.2) is 30.4 Å². The van der Waals surface area contributed by atoms with Gasteiger partial charge >= 0.3 is 5.97 Å². The third-order valence-corrected chi connectivity index (χ3v) is 10.5. The number of pyridine rings is 1. The Labute approximate surface area is 258 Å². The van der Waals surface area contributed by atoms with Crippen molar-refractivity contribution in [2.75, 3.05) is 31.1 Å². The largest absolute Gasteiger partial charge is 0.479 e. The summed E-state index contributed by atoms with van der Waals surface area (Å²) in [7, 11) is 0. The van der Waals surface area contributed by atoms with E-state index in [2.05, 4.69) is 60.9 Å². The van der Waals surface area contributed by atoms with Crippen LogP contribution >= 0.6 is 0 Å². The van der Waals surface area contributed by atoms with E-state index in [1.54, 1.807) is 0 Å². The highest BCUT2D eigenvalue weighted by Gasteiger charge is 2.38. The van der Waals surface area contributed by atoms with Gasteiger partial charge in [-0.1, -0.05) is 44.2 Å². The van der Waals surface area contributed by atoms with Crippen LogP contribution in [-0.4, -0.2) is 52.7 Å². The summed E-state index contributed by atoms with van der Waals surface area (Å²) in [6.45, 7) is 19.5. The van der Waals surface area contributed by atoms with Gasteiger partial charge in [0.25, 0.3) is 0 Å². The van der Waals surface area contributed by atoms with E-state index in [1.807, 2.05) is 27.7 Å². The Bertz CT molecular complexity index is 1410. The maximum atomic E-state index is 12.8. The Hall–Kier alpha value is -2.70. The van der Waals surface area contributed by atoms with Crippen LogP contribution in [-0.2, 0) is 22.5 Å². The van der Waals surface area contributed by atoms with Crippen LogP contribution in [0, 0.1) is 37.0 Å². The van der Waals surface area contributed by atoms with Gasteiger partial charge in [0, 0.05) is 55.2 Å². The molecule has 0 radical (unpaired) electrons. The molecular formula is C37H51N3O3. The molecule has 2 aromatic rings. The molecule has 2 fully saturated rings. The summed E-state index contributed by atoms with van der Waals surface area (Å²) in [5, 5.41) is 10.5. The number of nitrogens with zero attached hydrogens (tertiary/aromatic N) is 3. The lowest BCUT2D eigenvalue weighted by Gasteiger charge is -2.41. The normalized spacial score (nSPS) is 25.7. The number of carboxylic acid groups (broad SMARTS) is 1. The number of benzene rings is 1. The number of carboxylic acids is 1. The van der Waals surface area contributed by atoms with E-state index >= 15 is 0 Å². The Balaban J connectivity index is 1.37. The Morgan fingerprint density at radius 3 is 2.44 bits per heavy atom. The molecule has 232 valence electrons. The zero-order chi connectivity index (χ0) is 30.7. The fourth-order valence-electron chi connectivity index (χ4n) is 8.11. The summed E-state index contributed by atoms with van der Waals surface area (Å²) in [6.07, 6.45) is 9.70. The average molecular weight is 586 g/mol. The van der Waals surface area contributed by atoms with Crippen LogP contribution in [0.25, 0.3) is 11.1 Å². The van der Waals surface area contributed by atoms with Gasteiger partial charge in [-0.2, -0.15) is 0 Å². The second-order valence-corrected chi connectivity index (χ2v) is 15.5. The van der Waals surface area contributed by atoms with Crippen molar-refractivity contribution in [3.05, 3.63) is 58.4 Å². The number of aromatic nitrogens is 1. The molecule has 3 heterocycles. The number of fused-ring (bicyclic) bond motifs is 3. The van der Waals surface area contributed by atoms with E-state index in [-0.39, 0.29) is 5.41 Å². The van der Waals surface area contributed by atoms with Crippen LogP contribution < -0.4 is 4.90 Å². The van der Waals surface area contributed by atoms with E-state index in [1.165, 1.54) is 30.5 Å². The summed E-state index contributed by atoms with van der Waals surface area (Å²) in [5.74, 6) is 1.45. The Morgan fingerprint density at radius 2 is 1.81 bits per heavy atom. The van der Waals surface area contributed by atoms with E-state index in [4.69, 9.17) is 9.72 Å². The summed E-state index contributed by atoms with van der Waals surface area (Å²) in [5.41, 5.74) is 8.07. The van der Waals surface area contributed by atoms with Crippen LogP contribution in [0.5, 0.6) is 0 Å². The first kappa shape index (κ1) is 30.3. The second kappa shape index (κ2) is 11.3. The van der Waals surface area contributed by atoms with Gasteiger partial charge in [-0.25, -0.2) is 4.79 Å². The fourth-order valence-corrected chi connectivity index (χ4v) is 8.11. The van der Waals surface area contributed by atoms with Crippen molar-refractivity contribution in [1.82, 2.24) is 9.88 Å². The summed E-state index contributed by atoms with van der Waals surface area (Å²) >= 11 is 0. The van der Waals surface area contributed by atoms with E-state index in [0.29, 0.717) is 5.56 Å². The van der Waals surface area contributed by atoms with Crippen LogP contribution in [0.4, 0.5) is 5.69 Å². The van der Waals surface area contributed by atoms with Gasteiger partial charge in [0.15, 0.2) is 6.10 Å². The van der Waals surface area contributed by atoms with Gasteiger partial charge < -0.3 is 14.7 Å².